The van der Waals surface area contributed by atoms with Gasteiger partial charge in [0.25, 0.3) is 0 Å². The van der Waals surface area contributed by atoms with Gasteiger partial charge in [0.05, 0.1) is 5.69 Å². The van der Waals surface area contributed by atoms with Gasteiger partial charge in [-0.3, -0.25) is 0 Å². The molecule has 1 heterocycles. The second-order valence-electron chi connectivity index (χ2n) is 4.81. The summed E-state index contributed by atoms with van der Waals surface area (Å²) >= 11 is 0. The standard InChI is InChI=1S/C13H24N4/c1-6-9(2)8-17(5)13-12(7-14)10(3)11(4)15-16-13/h9H,6-8,14H2,1-5H3. The predicted molar refractivity (Wildman–Crippen MR) is 72.1 cm³/mol. The monoisotopic (exact) mass is 236 g/mol. The molecule has 96 valence electrons. The first-order valence-electron chi connectivity index (χ1n) is 6.25. The molecule has 1 aromatic rings. The number of nitrogens with zero attached hydrogens (tertiary/aromatic N) is 3. The zero-order valence-corrected chi connectivity index (χ0v) is 11.6. The molecule has 1 atom stereocenters. The van der Waals surface area contributed by atoms with Crippen LogP contribution in [-0.4, -0.2) is 23.8 Å². The highest BCUT2D eigenvalue weighted by atomic mass is 15.2. The van der Waals surface area contributed by atoms with Gasteiger partial charge in [0.15, 0.2) is 5.82 Å². The van der Waals surface area contributed by atoms with Crippen molar-refractivity contribution in [1.29, 1.82) is 0 Å². The lowest BCUT2D eigenvalue weighted by molar-refractivity contribution is 0.555. The molecule has 4 heteroatoms. The van der Waals surface area contributed by atoms with Gasteiger partial charge in [-0.15, -0.1) is 5.10 Å². The fourth-order valence-corrected chi connectivity index (χ4v) is 1.88. The number of aryl methyl sites for hydroxylation is 1. The number of nitrogens with two attached hydrogens (primary N) is 1. The third-order valence-corrected chi connectivity index (χ3v) is 3.41. The molecule has 0 aliphatic carbocycles. The van der Waals surface area contributed by atoms with Crippen LogP contribution in [0.2, 0.25) is 0 Å². The highest BCUT2D eigenvalue weighted by molar-refractivity contribution is 5.50. The lowest BCUT2D eigenvalue weighted by atomic mass is 10.1. The highest BCUT2D eigenvalue weighted by Crippen LogP contribution is 2.21. The fraction of sp³-hybridized carbons (Fsp3) is 0.692. The number of anilines is 1. The van der Waals surface area contributed by atoms with E-state index in [1.165, 1.54) is 6.42 Å². The Bertz CT molecular complexity index is 376. The van der Waals surface area contributed by atoms with Crippen LogP contribution in [0.25, 0.3) is 0 Å². The smallest absolute Gasteiger partial charge is 0.155 e. The molecule has 4 nitrogen and oxygen atoms in total. The van der Waals surface area contributed by atoms with Crippen molar-refractivity contribution in [2.45, 2.75) is 40.7 Å². The molecule has 0 bridgehead atoms. The topological polar surface area (TPSA) is 55.0 Å². The van der Waals surface area contributed by atoms with E-state index in [1.54, 1.807) is 0 Å². The summed E-state index contributed by atoms with van der Waals surface area (Å²) in [6.07, 6.45) is 1.17. The van der Waals surface area contributed by atoms with Gasteiger partial charge in [0.1, 0.15) is 0 Å². The molecule has 0 aromatic carbocycles. The van der Waals surface area contributed by atoms with E-state index in [1.807, 2.05) is 6.92 Å². The third-order valence-electron chi connectivity index (χ3n) is 3.41. The van der Waals surface area contributed by atoms with Crippen molar-refractivity contribution in [1.82, 2.24) is 10.2 Å². The molecule has 17 heavy (non-hydrogen) atoms. The predicted octanol–water partition coefficient (Wildman–Crippen LogP) is 2.03. The van der Waals surface area contributed by atoms with Gasteiger partial charge in [-0.1, -0.05) is 20.3 Å². The Labute approximate surface area is 104 Å². The van der Waals surface area contributed by atoms with Gasteiger partial charge in [0, 0.05) is 25.7 Å². The molecule has 0 spiro atoms. The van der Waals surface area contributed by atoms with Crippen molar-refractivity contribution in [3.63, 3.8) is 0 Å². The average Bonchev–Trinajstić information content (AvgIpc) is 2.31. The maximum atomic E-state index is 5.83. The Morgan fingerprint density at radius 3 is 2.47 bits per heavy atom. The van der Waals surface area contributed by atoms with E-state index in [4.69, 9.17) is 5.73 Å². The Kier molecular flexibility index (Phi) is 4.87. The van der Waals surface area contributed by atoms with E-state index in [0.717, 1.165) is 29.2 Å². The lowest BCUT2D eigenvalue weighted by Crippen LogP contribution is -2.27. The van der Waals surface area contributed by atoms with Gasteiger partial charge in [0.2, 0.25) is 0 Å². The molecule has 1 rings (SSSR count). The maximum absolute atomic E-state index is 5.83. The summed E-state index contributed by atoms with van der Waals surface area (Å²) in [7, 11) is 2.06. The molecule has 0 saturated carbocycles. The molecule has 0 fully saturated rings. The molecule has 0 saturated heterocycles. The van der Waals surface area contributed by atoms with Gasteiger partial charge in [-0.05, 0) is 25.3 Å². The minimum absolute atomic E-state index is 0.516. The summed E-state index contributed by atoms with van der Waals surface area (Å²) in [6.45, 7) is 9.98. The van der Waals surface area contributed by atoms with Crippen molar-refractivity contribution in [2.24, 2.45) is 11.7 Å². The van der Waals surface area contributed by atoms with Crippen LogP contribution in [0.4, 0.5) is 5.82 Å². The molecule has 0 radical (unpaired) electrons. The minimum Gasteiger partial charge on any atom is -0.358 e. The largest absolute Gasteiger partial charge is 0.358 e. The van der Waals surface area contributed by atoms with E-state index in [2.05, 4.69) is 42.9 Å². The van der Waals surface area contributed by atoms with Crippen molar-refractivity contribution < 1.29 is 0 Å². The third kappa shape index (κ3) is 3.16. The zero-order valence-electron chi connectivity index (χ0n) is 11.6. The second kappa shape index (κ2) is 5.96. The molecule has 2 N–H and O–H groups in total. The summed E-state index contributed by atoms with van der Waals surface area (Å²) in [4.78, 5) is 2.16. The van der Waals surface area contributed by atoms with E-state index >= 15 is 0 Å². The molecule has 1 aromatic heterocycles. The maximum Gasteiger partial charge on any atom is 0.155 e. The molecular formula is C13H24N4. The number of rotatable bonds is 5. The van der Waals surface area contributed by atoms with E-state index in [0.29, 0.717) is 12.5 Å². The van der Waals surface area contributed by atoms with E-state index in [-0.39, 0.29) is 0 Å². The normalized spacial score (nSPS) is 12.6. The first-order valence-corrected chi connectivity index (χ1v) is 6.25. The second-order valence-corrected chi connectivity index (χ2v) is 4.81. The van der Waals surface area contributed by atoms with Crippen LogP contribution in [0, 0.1) is 19.8 Å². The van der Waals surface area contributed by atoms with Crippen molar-refractivity contribution >= 4 is 5.82 Å². The molecule has 0 amide bonds. The minimum atomic E-state index is 0.516. The zero-order chi connectivity index (χ0) is 13.0. The van der Waals surface area contributed by atoms with Crippen LogP contribution in [0.5, 0.6) is 0 Å². The van der Waals surface area contributed by atoms with Crippen LogP contribution in [0.15, 0.2) is 0 Å². The van der Waals surface area contributed by atoms with Gasteiger partial charge in [-0.25, -0.2) is 0 Å². The van der Waals surface area contributed by atoms with Crippen LogP contribution in [0.1, 0.15) is 37.1 Å². The molecular weight excluding hydrogens is 212 g/mol. The quantitative estimate of drug-likeness (QED) is 0.850. The Balaban J connectivity index is 3.01. The molecule has 0 aliphatic heterocycles. The van der Waals surface area contributed by atoms with Crippen LogP contribution < -0.4 is 10.6 Å². The van der Waals surface area contributed by atoms with Gasteiger partial charge < -0.3 is 10.6 Å². The number of hydrogen-bond donors (Lipinski definition) is 1. The summed E-state index contributed by atoms with van der Waals surface area (Å²) in [5.41, 5.74) is 9.07. The fourth-order valence-electron chi connectivity index (χ4n) is 1.88. The SMILES string of the molecule is CCC(C)CN(C)c1nnc(C)c(C)c1CN. The van der Waals surface area contributed by atoms with E-state index < -0.39 is 0 Å². The van der Waals surface area contributed by atoms with Crippen molar-refractivity contribution in [3.8, 4) is 0 Å². The molecule has 0 aliphatic rings. The average molecular weight is 236 g/mol. The number of aromatic nitrogens is 2. The van der Waals surface area contributed by atoms with Gasteiger partial charge >= 0.3 is 0 Å². The summed E-state index contributed by atoms with van der Waals surface area (Å²) in [5.74, 6) is 1.57. The van der Waals surface area contributed by atoms with Gasteiger partial charge in [-0.2, -0.15) is 5.10 Å². The number of hydrogen-bond acceptors (Lipinski definition) is 4. The van der Waals surface area contributed by atoms with E-state index in [9.17, 15) is 0 Å². The first-order chi connectivity index (χ1) is 8.01. The van der Waals surface area contributed by atoms with Crippen molar-refractivity contribution in [2.75, 3.05) is 18.5 Å². The van der Waals surface area contributed by atoms with Crippen LogP contribution >= 0.6 is 0 Å². The summed E-state index contributed by atoms with van der Waals surface area (Å²) < 4.78 is 0. The Morgan fingerprint density at radius 2 is 1.94 bits per heavy atom. The Hall–Kier alpha value is -1.16. The van der Waals surface area contributed by atoms with Crippen molar-refractivity contribution in [3.05, 3.63) is 16.8 Å². The summed E-state index contributed by atoms with van der Waals surface area (Å²) in [6, 6.07) is 0. The first kappa shape index (κ1) is 13.9. The highest BCUT2D eigenvalue weighted by Gasteiger charge is 2.14. The summed E-state index contributed by atoms with van der Waals surface area (Å²) in [5, 5.41) is 8.49. The lowest BCUT2D eigenvalue weighted by Gasteiger charge is -2.24. The van der Waals surface area contributed by atoms with Crippen LogP contribution in [0.3, 0.4) is 0 Å². The Morgan fingerprint density at radius 1 is 1.29 bits per heavy atom. The van der Waals surface area contributed by atoms with Crippen LogP contribution in [-0.2, 0) is 6.54 Å². The molecule has 1 unspecified atom stereocenters.